The lowest BCUT2D eigenvalue weighted by Gasteiger charge is -2.03. The average molecular weight is 408 g/mol. The van der Waals surface area contributed by atoms with E-state index in [1.54, 1.807) is 23.6 Å². The third-order valence-electron chi connectivity index (χ3n) is 3.37. The highest BCUT2D eigenvalue weighted by Gasteiger charge is 2.11. The smallest absolute Gasteiger partial charge is 0.149 e. The van der Waals surface area contributed by atoms with E-state index in [9.17, 15) is 14.0 Å². The van der Waals surface area contributed by atoms with Gasteiger partial charge in [-0.3, -0.25) is 0 Å². The summed E-state index contributed by atoms with van der Waals surface area (Å²) in [5.41, 5.74) is 1.67. The van der Waals surface area contributed by atoms with Crippen molar-refractivity contribution < 1.29 is 8.78 Å². The molecule has 0 fully saturated rings. The Balaban J connectivity index is 1.86. The van der Waals surface area contributed by atoms with Crippen LogP contribution in [0.2, 0.25) is 10.0 Å². The molecule has 0 aliphatic heterocycles. The van der Waals surface area contributed by atoms with Gasteiger partial charge in [0.15, 0.2) is 0 Å². The van der Waals surface area contributed by atoms with Crippen molar-refractivity contribution >= 4 is 45.8 Å². The Bertz CT molecular complexity index is 1040. The molecule has 1 heterocycles. The van der Waals surface area contributed by atoms with Gasteiger partial charge >= 0.3 is 0 Å². The first-order valence-electron chi connectivity index (χ1n) is 7.21. The lowest BCUT2D eigenvalue weighted by atomic mass is 10.2. The molecule has 0 saturated carbocycles. The van der Waals surface area contributed by atoms with Crippen LogP contribution >= 0.6 is 34.5 Å². The molecular weight excluding hydrogens is 399 g/mol. The van der Waals surface area contributed by atoms with Crippen molar-refractivity contribution in [2.24, 2.45) is 0 Å². The van der Waals surface area contributed by atoms with E-state index in [0.717, 1.165) is 17.7 Å². The van der Waals surface area contributed by atoms with E-state index in [4.69, 9.17) is 23.2 Å². The first-order valence-corrected chi connectivity index (χ1v) is 8.84. The van der Waals surface area contributed by atoms with Gasteiger partial charge in [0, 0.05) is 23.2 Å². The van der Waals surface area contributed by atoms with Crippen molar-refractivity contribution in [2.45, 2.75) is 0 Å². The molecule has 1 aromatic heterocycles. The minimum absolute atomic E-state index is 0.0559. The van der Waals surface area contributed by atoms with Crippen molar-refractivity contribution in [3.63, 3.8) is 0 Å². The summed E-state index contributed by atoms with van der Waals surface area (Å²) in [5.74, 6) is -1.43. The molecule has 3 nitrogen and oxygen atoms in total. The second-order valence-corrected chi connectivity index (χ2v) is 6.78. The van der Waals surface area contributed by atoms with Crippen LogP contribution in [0.3, 0.4) is 0 Å². The Morgan fingerprint density at radius 2 is 1.96 bits per heavy atom. The fourth-order valence-corrected chi connectivity index (χ4v) is 3.18. The third kappa shape index (κ3) is 4.02. The predicted octanol–water partition coefficient (Wildman–Crippen LogP) is 6.37. The fourth-order valence-electron chi connectivity index (χ4n) is 2.08. The molecule has 0 amide bonds. The fraction of sp³-hybridized carbons (Fsp3) is 0. The van der Waals surface area contributed by atoms with Gasteiger partial charge in [0.05, 0.1) is 21.4 Å². The number of thiazole rings is 1. The SMILES string of the molecule is N#C/C(=C\Nc1ccc(F)cc1F)c1nc(-c2ccc(Cl)c(Cl)c2)cs1. The number of hydrogen-bond donors (Lipinski definition) is 1. The number of halogens is 4. The lowest BCUT2D eigenvalue weighted by Crippen LogP contribution is -1.94. The second-order valence-electron chi connectivity index (χ2n) is 5.11. The molecule has 0 saturated heterocycles. The number of rotatable bonds is 4. The van der Waals surface area contributed by atoms with Crippen molar-refractivity contribution in [3.8, 4) is 17.3 Å². The molecular formula is C18H9Cl2F2N3S. The number of hydrogen-bond acceptors (Lipinski definition) is 4. The molecule has 0 aliphatic rings. The maximum absolute atomic E-state index is 13.7. The first-order chi connectivity index (χ1) is 12.5. The van der Waals surface area contributed by atoms with Crippen molar-refractivity contribution in [1.82, 2.24) is 4.98 Å². The van der Waals surface area contributed by atoms with Gasteiger partial charge in [-0.05, 0) is 24.3 Å². The van der Waals surface area contributed by atoms with Crippen LogP contribution in [0.5, 0.6) is 0 Å². The summed E-state index contributed by atoms with van der Waals surface area (Å²) in [5, 5.41) is 15.1. The molecule has 0 aliphatic carbocycles. The standard InChI is InChI=1S/C18H9Cl2F2N3S/c19-13-3-1-10(5-14(13)20)17-9-26-18(25-17)11(7-23)8-24-16-4-2-12(21)6-15(16)22/h1-6,8-9,24H/b11-8+. The van der Waals surface area contributed by atoms with Crippen LogP contribution in [0.15, 0.2) is 48.0 Å². The molecule has 130 valence electrons. The summed E-state index contributed by atoms with van der Waals surface area (Å²) in [4.78, 5) is 4.40. The van der Waals surface area contributed by atoms with E-state index >= 15 is 0 Å². The van der Waals surface area contributed by atoms with Crippen LogP contribution in [0, 0.1) is 23.0 Å². The highest BCUT2D eigenvalue weighted by molar-refractivity contribution is 7.11. The van der Waals surface area contributed by atoms with E-state index in [1.807, 2.05) is 6.07 Å². The molecule has 3 rings (SSSR count). The second kappa shape index (κ2) is 7.83. The van der Waals surface area contributed by atoms with Crippen LogP contribution < -0.4 is 5.32 Å². The monoisotopic (exact) mass is 407 g/mol. The topological polar surface area (TPSA) is 48.7 Å². The number of nitrogens with one attached hydrogen (secondary N) is 1. The molecule has 0 radical (unpaired) electrons. The van der Waals surface area contributed by atoms with Crippen molar-refractivity contribution in [2.75, 3.05) is 5.32 Å². The minimum Gasteiger partial charge on any atom is -0.358 e. The quantitative estimate of drug-likeness (QED) is 0.510. The Labute approximate surface area is 162 Å². The number of allylic oxidation sites excluding steroid dienone is 1. The lowest BCUT2D eigenvalue weighted by molar-refractivity contribution is 0.586. The Kier molecular flexibility index (Phi) is 5.52. The number of nitriles is 1. The van der Waals surface area contributed by atoms with E-state index in [1.165, 1.54) is 23.6 Å². The summed E-state index contributed by atoms with van der Waals surface area (Å²) in [6.45, 7) is 0. The van der Waals surface area contributed by atoms with Gasteiger partial charge in [-0.2, -0.15) is 5.26 Å². The highest BCUT2D eigenvalue weighted by atomic mass is 35.5. The van der Waals surface area contributed by atoms with Crippen molar-refractivity contribution in [1.29, 1.82) is 5.26 Å². The molecule has 1 N–H and O–H groups in total. The first kappa shape index (κ1) is 18.3. The Morgan fingerprint density at radius 1 is 1.15 bits per heavy atom. The summed E-state index contributed by atoms with van der Waals surface area (Å²) in [6.07, 6.45) is 1.33. The Hall–Kier alpha value is -2.46. The maximum Gasteiger partial charge on any atom is 0.149 e. The zero-order chi connectivity index (χ0) is 18.7. The molecule has 0 spiro atoms. The van der Waals surface area contributed by atoms with Crippen LogP contribution in [0.25, 0.3) is 16.8 Å². The summed E-state index contributed by atoms with van der Waals surface area (Å²) >= 11 is 13.2. The summed E-state index contributed by atoms with van der Waals surface area (Å²) in [7, 11) is 0. The molecule has 8 heteroatoms. The molecule has 0 atom stereocenters. The summed E-state index contributed by atoms with van der Waals surface area (Å²) in [6, 6.07) is 10.3. The zero-order valence-corrected chi connectivity index (χ0v) is 15.3. The molecule has 0 bridgehead atoms. The van der Waals surface area contributed by atoms with Gasteiger partial charge in [-0.15, -0.1) is 11.3 Å². The van der Waals surface area contributed by atoms with Crippen LogP contribution in [0.1, 0.15) is 5.01 Å². The number of nitrogens with zero attached hydrogens (tertiary/aromatic N) is 2. The predicted molar refractivity (Wildman–Crippen MR) is 101 cm³/mol. The van der Waals surface area contributed by atoms with E-state index < -0.39 is 11.6 Å². The van der Waals surface area contributed by atoms with E-state index in [0.29, 0.717) is 20.7 Å². The normalized spacial score (nSPS) is 11.3. The van der Waals surface area contributed by atoms with Crippen LogP contribution in [-0.2, 0) is 0 Å². The molecule has 0 unspecified atom stereocenters. The Morgan fingerprint density at radius 3 is 2.65 bits per heavy atom. The minimum atomic E-state index is -0.755. The largest absolute Gasteiger partial charge is 0.358 e. The molecule has 26 heavy (non-hydrogen) atoms. The van der Waals surface area contributed by atoms with Crippen molar-refractivity contribution in [3.05, 3.63) is 74.7 Å². The maximum atomic E-state index is 13.7. The number of anilines is 1. The average Bonchev–Trinajstić information content (AvgIpc) is 3.09. The third-order valence-corrected chi connectivity index (χ3v) is 4.99. The van der Waals surface area contributed by atoms with Gasteiger partial charge in [0.25, 0.3) is 0 Å². The van der Waals surface area contributed by atoms with Gasteiger partial charge < -0.3 is 5.32 Å². The van der Waals surface area contributed by atoms with Crippen LogP contribution in [-0.4, -0.2) is 4.98 Å². The number of aromatic nitrogens is 1. The van der Waals surface area contributed by atoms with Gasteiger partial charge in [-0.1, -0.05) is 29.3 Å². The van der Waals surface area contributed by atoms with Gasteiger partial charge in [-0.25, -0.2) is 13.8 Å². The van der Waals surface area contributed by atoms with Crippen LogP contribution in [0.4, 0.5) is 14.5 Å². The van der Waals surface area contributed by atoms with Gasteiger partial charge in [0.2, 0.25) is 0 Å². The van der Waals surface area contributed by atoms with E-state index in [2.05, 4.69) is 10.3 Å². The molecule has 3 aromatic rings. The zero-order valence-electron chi connectivity index (χ0n) is 12.9. The highest BCUT2D eigenvalue weighted by Crippen LogP contribution is 2.31. The number of benzene rings is 2. The van der Waals surface area contributed by atoms with E-state index in [-0.39, 0.29) is 11.3 Å². The van der Waals surface area contributed by atoms with Gasteiger partial charge in [0.1, 0.15) is 28.3 Å². The summed E-state index contributed by atoms with van der Waals surface area (Å²) < 4.78 is 26.6. The molecule has 2 aromatic carbocycles.